The largest absolute Gasteiger partial charge is 0.467 e. The third kappa shape index (κ3) is 5.32. The Morgan fingerprint density at radius 3 is 2.60 bits per heavy atom. The highest BCUT2D eigenvalue weighted by molar-refractivity contribution is 6.04. The second-order valence-electron chi connectivity index (χ2n) is 6.40. The van der Waals surface area contributed by atoms with E-state index in [0.29, 0.717) is 11.3 Å². The Bertz CT molecular complexity index is 1060. The van der Waals surface area contributed by atoms with Gasteiger partial charge in [-0.1, -0.05) is 18.2 Å². The second kappa shape index (κ2) is 9.51. The summed E-state index contributed by atoms with van der Waals surface area (Å²) >= 11 is 0. The Balaban J connectivity index is 1.57. The lowest BCUT2D eigenvalue weighted by Crippen LogP contribution is -2.26. The molecule has 30 heavy (non-hydrogen) atoms. The predicted molar refractivity (Wildman–Crippen MR) is 106 cm³/mol. The van der Waals surface area contributed by atoms with E-state index in [1.54, 1.807) is 43.3 Å². The maximum Gasteiger partial charge on any atom is 0.338 e. The van der Waals surface area contributed by atoms with Crippen LogP contribution in [0.15, 0.2) is 65.3 Å². The van der Waals surface area contributed by atoms with E-state index in [9.17, 15) is 18.8 Å². The number of carbonyl (C=O) groups is 3. The fourth-order valence-corrected chi connectivity index (χ4v) is 2.59. The second-order valence-corrected chi connectivity index (χ2v) is 6.40. The SMILES string of the molecule is Cc1ccc(C(=O)OCC(=O)Nc2ccccc2C(=O)NCc2ccco2)cc1F. The van der Waals surface area contributed by atoms with Crippen LogP contribution >= 0.6 is 0 Å². The third-order valence-corrected chi connectivity index (χ3v) is 4.19. The molecule has 0 aliphatic heterocycles. The van der Waals surface area contributed by atoms with Gasteiger partial charge in [-0.3, -0.25) is 9.59 Å². The number of hydrogen-bond donors (Lipinski definition) is 2. The molecule has 1 heterocycles. The van der Waals surface area contributed by atoms with E-state index in [1.807, 2.05) is 0 Å². The summed E-state index contributed by atoms with van der Waals surface area (Å²) in [5, 5.41) is 5.23. The van der Waals surface area contributed by atoms with Crippen LogP contribution in [-0.2, 0) is 16.1 Å². The molecule has 2 aromatic carbocycles. The minimum atomic E-state index is -0.825. The van der Waals surface area contributed by atoms with Gasteiger partial charge in [0.1, 0.15) is 11.6 Å². The van der Waals surface area contributed by atoms with E-state index in [-0.39, 0.29) is 23.4 Å². The van der Waals surface area contributed by atoms with Crippen molar-refractivity contribution in [2.75, 3.05) is 11.9 Å². The standard InChI is InChI=1S/C22H19FN2O5/c1-14-8-9-15(11-18(14)23)22(28)30-13-20(26)25-19-7-3-2-6-17(19)21(27)24-12-16-5-4-10-29-16/h2-11H,12-13H2,1H3,(H,24,27)(H,25,26). The van der Waals surface area contributed by atoms with Crippen molar-refractivity contribution in [3.63, 3.8) is 0 Å². The number of aryl methyl sites for hydroxylation is 1. The first-order valence-corrected chi connectivity index (χ1v) is 9.07. The smallest absolute Gasteiger partial charge is 0.338 e. The lowest BCUT2D eigenvalue weighted by molar-refractivity contribution is -0.119. The maximum atomic E-state index is 13.6. The molecule has 0 fully saturated rings. The van der Waals surface area contributed by atoms with Crippen LogP contribution in [-0.4, -0.2) is 24.4 Å². The quantitative estimate of drug-likeness (QED) is 0.582. The number of anilines is 1. The number of ether oxygens (including phenoxy) is 1. The van der Waals surface area contributed by atoms with E-state index in [1.165, 1.54) is 18.4 Å². The number of benzene rings is 2. The number of carbonyl (C=O) groups excluding carboxylic acids is 3. The van der Waals surface area contributed by atoms with Crippen LogP contribution in [0.1, 0.15) is 32.0 Å². The van der Waals surface area contributed by atoms with Crippen LogP contribution in [0.4, 0.5) is 10.1 Å². The molecule has 2 amide bonds. The lowest BCUT2D eigenvalue weighted by Gasteiger charge is -2.11. The third-order valence-electron chi connectivity index (χ3n) is 4.19. The summed E-state index contributed by atoms with van der Waals surface area (Å²) in [6, 6.07) is 13.8. The van der Waals surface area contributed by atoms with Gasteiger partial charge in [0.15, 0.2) is 6.61 Å². The molecule has 2 N–H and O–H groups in total. The lowest BCUT2D eigenvalue weighted by atomic mass is 10.1. The van der Waals surface area contributed by atoms with Crippen molar-refractivity contribution in [3.05, 3.63) is 89.1 Å². The number of hydrogen-bond acceptors (Lipinski definition) is 5. The molecule has 0 saturated carbocycles. The van der Waals surface area contributed by atoms with Crippen LogP contribution in [0.5, 0.6) is 0 Å². The van der Waals surface area contributed by atoms with Crippen LogP contribution in [0.25, 0.3) is 0 Å². The maximum absolute atomic E-state index is 13.6. The molecule has 0 bridgehead atoms. The average molecular weight is 410 g/mol. The fraction of sp³-hybridized carbons (Fsp3) is 0.136. The topological polar surface area (TPSA) is 97.6 Å². The zero-order chi connectivity index (χ0) is 21.5. The van der Waals surface area contributed by atoms with Gasteiger partial charge in [0.25, 0.3) is 11.8 Å². The van der Waals surface area contributed by atoms with Crippen molar-refractivity contribution >= 4 is 23.5 Å². The highest BCUT2D eigenvalue weighted by Crippen LogP contribution is 2.16. The Morgan fingerprint density at radius 1 is 1.07 bits per heavy atom. The van der Waals surface area contributed by atoms with E-state index >= 15 is 0 Å². The van der Waals surface area contributed by atoms with Gasteiger partial charge in [-0.05, 0) is 48.9 Å². The molecule has 0 aliphatic carbocycles. The molecule has 0 saturated heterocycles. The van der Waals surface area contributed by atoms with Crippen molar-refractivity contribution in [2.24, 2.45) is 0 Å². The summed E-state index contributed by atoms with van der Waals surface area (Å²) in [5.41, 5.74) is 0.899. The Hall–Kier alpha value is -3.94. The van der Waals surface area contributed by atoms with Gasteiger partial charge in [-0.25, -0.2) is 9.18 Å². The predicted octanol–water partition coefficient (Wildman–Crippen LogP) is 3.45. The number of furan rings is 1. The van der Waals surface area contributed by atoms with Gasteiger partial charge < -0.3 is 19.8 Å². The molecule has 0 spiro atoms. The minimum absolute atomic E-state index is 0.00334. The number of esters is 1. The van der Waals surface area contributed by atoms with Crippen molar-refractivity contribution in [1.29, 1.82) is 0 Å². The zero-order valence-electron chi connectivity index (χ0n) is 16.1. The number of halogens is 1. The average Bonchev–Trinajstić information content (AvgIpc) is 3.26. The van der Waals surface area contributed by atoms with Crippen molar-refractivity contribution in [2.45, 2.75) is 13.5 Å². The summed E-state index contributed by atoms with van der Waals surface area (Å²) in [5.74, 6) is -1.82. The Morgan fingerprint density at radius 2 is 1.87 bits per heavy atom. The highest BCUT2D eigenvalue weighted by Gasteiger charge is 2.15. The van der Waals surface area contributed by atoms with E-state index in [2.05, 4.69) is 10.6 Å². The molecule has 0 aliphatic rings. The summed E-state index contributed by atoms with van der Waals surface area (Å²) in [7, 11) is 0. The first-order chi connectivity index (χ1) is 14.4. The molecule has 0 unspecified atom stereocenters. The van der Waals surface area contributed by atoms with Crippen LogP contribution in [0.2, 0.25) is 0 Å². The zero-order valence-corrected chi connectivity index (χ0v) is 16.1. The molecular formula is C22H19FN2O5. The molecule has 0 radical (unpaired) electrons. The van der Waals surface area contributed by atoms with Crippen molar-refractivity contribution in [1.82, 2.24) is 5.32 Å². The Kier molecular flexibility index (Phi) is 6.59. The number of amides is 2. The van der Waals surface area contributed by atoms with Crippen LogP contribution < -0.4 is 10.6 Å². The van der Waals surface area contributed by atoms with E-state index in [0.717, 1.165) is 6.07 Å². The van der Waals surface area contributed by atoms with Crippen LogP contribution in [0.3, 0.4) is 0 Å². The Labute approximate surface area is 171 Å². The van der Waals surface area contributed by atoms with E-state index < -0.39 is 30.2 Å². The summed E-state index contributed by atoms with van der Waals surface area (Å²) in [6.45, 7) is 1.18. The minimum Gasteiger partial charge on any atom is -0.467 e. The molecule has 0 atom stereocenters. The number of para-hydroxylation sites is 1. The normalized spacial score (nSPS) is 10.3. The van der Waals surface area contributed by atoms with Gasteiger partial charge in [0.2, 0.25) is 0 Å². The van der Waals surface area contributed by atoms with Gasteiger partial charge in [0.05, 0.1) is 29.6 Å². The monoisotopic (exact) mass is 410 g/mol. The van der Waals surface area contributed by atoms with Gasteiger partial charge in [0, 0.05) is 0 Å². The van der Waals surface area contributed by atoms with Crippen LogP contribution in [0, 0.1) is 12.7 Å². The summed E-state index contributed by atoms with van der Waals surface area (Å²) in [4.78, 5) is 36.6. The molecule has 8 heteroatoms. The molecule has 3 aromatic rings. The molecule has 154 valence electrons. The van der Waals surface area contributed by atoms with Gasteiger partial charge in [-0.2, -0.15) is 0 Å². The van der Waals surface area contributed by atoms with E-state index in [4.69, 9.17) is 9.15 Å². The number of nitrogens with one attached hydrogen (secondary N) is 2. The first-order valence-electron chi connectivity index (χ1n) is 9.07. The summed E-state index contributed by atoms with van der Waals surface area (Å²) < 4.78 is 23.7. The van der Waals surface area contributed by atoms with Crippen molar-refractivity contribution < 1.29 is 27.9 Å². The highest BCUT2D eigenvalue weighted by atomic mass is 19.1. The first kappa shape index (κ1) is 20.8. The molecule has 1 aromatic heterocycles. The summed E-state index contributed by atoms with van der Waals surface area (Å²) in [6.07, 6.45) is 1.50. The molecular weight excluding hydrogens is 391 g/mol. The molecule has 7 nitrogen and oxygen atoms in total. The fourth-order valence-electron chi connectivity index (χ4n) is 2.59. The van der Waals surface area contributed by atoms with Crippen molar-refractivity contribution in [3.8, 4) is 0 Å². The van der Waals surface area contributed by atoms with Gasteiger partial charge >= 0.3 is 5.97 Å². The van der Waals surface area contributed by atoms with Gasteiger partial charge in [-0.15, -0.1) is 0 Å². The molecule has 3 rings (SSSR count). The number of rotatable bonds is 7.